The number of methoxy groups -OCH3 is 1. The van der Waals surface area contributed by atoms with Crippen molar-refractivity contribution >= 4 is 23.2 Å². The number of anilines is 2. The number of amides is 2. The lowest BCUT2D eigenvalue weighted by Gasteiger charge is -2.16. The van der Waals surface area contributed by atoms with Gasteiger partial charge in [-0.05, 0) is 30.2 Å². The summed E-state index contributed by atoms with van der Waals surface area (Å²) in [6, 6.07) is 13.6. The number of likely N-dealkylation sites (N-methyl/N-ethyl adjacent to an activating group) is 1. The minimum atomic E-state index is -0.171. The number of ether oxygens (including phenoxy) is 1. The van der Waals surface area contributed by atoms with Gasteiger partial charge in [0.2, 0.25) is 5.91 Å². The topological polar surface area (TPSA) is 71.9 Å². The number of rotatable bonds is 8. The monoisotopic (exact) mass is 370 g/mol. The normalized spacial score (nSPS) is 11.6. The van der Waals surface area contributed by atoms with E-state index < -0.39 is 0 Å². The third-order valence-electron chi connectivity index (χ3n) is 4.19. The van der Waals surface area contributed by atoms with E-state index in [1.165, 1.54) is 18.1 Å². The van der Waals surface area contributed by atoms with Crippen molar-refractivity contribution in [2.24, 2.45) is 0 Å². The fourth-order valence-corrected chi connectivity index (χ4v) is 2.86. The Hall–Kier alpha value is -2.86. The van der Waals surface area contributed by atoms with E-state index >= 15 is 0 Å². The van der Waals surface area contributed by atoms with Crippen LogP contribution in [0.4, 0.5) is 11.4 Å². The van der Waals surface area contributed by atoms with Crippen molar-refractivity contribution < 1.29 is 19.2 Å². The molecule has 0 bridgehead atoms. The standard InChI is InChI=1S/C21H27N3O3/c1-5-16-6-8-17(9-7-16)13-24(3)14-21(26)23-19-12-18(22-15(2)25)10-11-20(19)27-4/h6-12H,5,13-14H2,1-4H3,(H,22,25)(H,23,26)/p+1. The quantitative estimate of drug-likeness (QED) is 0.664. The molecule has 1 atom stereocenters. The Balaban J connectivity index is 1.98. The maximum absolute atomic E-state index is 12.4. The van der Waals surface area contributed by atoms with Gasteiger partial charge in [0, 0.05) is 18.2 Å². The molecule has 6 heteroatoms. The molecule has 6 nitrogen and oxygen atoms in total. The molecule has 0 aliphatic heterocycles. The molecule has 0 fully saturated rings. The first-order valence-electron chi connectivity index (χ1n) is 9.05. The van der Waals surface area contributed by atoms with Crippen LogP contribution >= 0.6 is 0 Å². The molecule has 0 radical (unpaired) electrons. The molecule has 2 aromatic carbocycles. The van der Waals surface area contributed by atoms with Crippen molar-refractivity contribution in [1.29, 1.82) is 0 Å². The first kappa shape index (κ1) is 20.5. The van der Waals surface area contributed by atoms with Crippen LogP contribution in [0.3, 0.4) is 0 Å². The average Bonchev–Trinajstić information content (AvgIpc) is 2.62. The van der Waals surface area contributed by atoms with Gasteiger partial charge in [-0.3, -0.25) is 9.59 Å². The van der Waals surface area contributed by atoms with E-state index in [9.17, 15) is 9.59 Å². The summed E-state index contributed by atoms with van der Waals surface area (Å²) < 4.78 is 5.29. The molecule has 2 aromatic rings. The number of nitrogens with one attached hydrogen (secondary N) is 3. The summed E-state index contributed by atoms with van der Waals surface area (Å²) in [7, 11) is 3.53. The number of hydrogen-bond acceptors (Lipinski definition) is 3. The van der Waals surface area contributed by atoms with Crippen LogP contribution in [-0.4, -0.2) is 32.5 Å². The highest BCUT2D eigenvalue weighted by Crippen LogP contribution is 2.27. The van der Waals surface area contributed by atoms with Gasteiger partial charge in [0.25, 0.3) is 5.91 Å². The van der Waals surface area contributed by atoms with Crippen molar-refractivity contribution in [2.45, 2.75) is 26.8 Å². The Morgan fingerprint density at radius 3 is 2.30 bits per heavy atom. The molecule has 144 valence electrons. The number of aryl methyl sites for hydroxylation is 1. The zero-order valence-corrected chi connectivity index (χ0v) is 16.4. The van der Waals surface area contributed by atoms with E-state index in [0.29, 0.717) is 23.7 Å². The van der Waals surface area contributed by atoms with Crippen molar-refractivity contribution in [2.75, 3.05) is 31.3 Å². The van der Waals surface area contributed by atoms with Gasteiger partial charge >= 0.3 is 0 Å². The fourth-order valence-electron chi connectivity index (χ4n) is 2.86. The molecule has 0 aliphatic carbocycles. The van der Waals surface area contributed by atoms with Crippen molar-refractivity contribution in [3.8, 4) is 5.75 Å². The second-order valence-electron chi connectivity index (χ2n) is 6.63. The molecule has 2 rings (SSSR count). The molecule has 2 amide bonds. The smallest absolute Gasteiger partial charge is 0.279 e. The van der Waals surface area contributed by atoms with E-state index in [0.717, 1.165) is 17.9 Å². The zero-order valence-electron chi connectivity index (χ0n) is 16.4. The maximum atomic E-state index is 12.4. The van der Waals surface area contributed by atoms with Crippen molar-refractivity contribution in [1.82, 2.24) is 0 Å². The summed E-state index contributed by atoms with van der Waals surface area (Å²) >= 11 is 0. The molecule has 1 unspecified atom stereocenters. The second-order valence-corrected chi connectivity index (χ2v) is 6.63. The van der Waals surface area contributed by atoms with Crippen molar-refractivity contribution in [3.63, 3.8) is 0 Å². The molecule has 0 heterocycles. The second kappa shape index (κ2) is 9.73. The van der Waals surface area contributed by atoms with Crippen LogP contribution in [0.5, 0.6) is 5.75 Å². The predicted octanol–water partition coefficient (Wildman–Crippen LogP) is 1.87. The Bertz CT molecular complexity index is 788. The lowest BCUT2D eigenvalue weighted by Crippen LogP contribution is -3.08. The minimum absolute atomic E-state index is 0.115. The van der Waals surface area contributed by atoms with E-state index in [2.05, 4.69) is 41.8 Å². The largest absolute Gasteiger partial charge is 0.495 e. The molecular weight excluding hydrogens is 342 g/mol. The summed E-state index contributed by atoms with van der Waals surface area (Å²) in [6.07, 6.45) is 1.02. The first-order valence-corrected chi connectivity index (χ1v) is 9.05. The van der Waals surface area contributed by atoms with Crippen LogP contribution in [0, 0.1) is 0 Å². The van der Waals surface area contributed by atoms with Gasteiger partial charge in [-0.2, -0.15) is 0 Å². The van der Waals surface area contributed by atoms with Gasteiger partial charge in [-0.25, -0.2) is 0 Å². The highest BCUT2D eigenvalue weighted by molar-refractivity contribution is 5.95. The van der Waals surface area contributed by atoms with E-state index in [1.807, 2.05) is 7.05 Å². The zero-order chi connectivity index (χ0) is 19.8. The predicted molar refractivity (Wildman–Crippen MR) is 107 cm³/mol. The summed E-state index contributed by atoms with van der Waals surface area (Å²) in [5.41, 5.74) is 3.65. The van der Waals surface area contributed by atoms with Crippen LogP contribution < -0.4 is 20.3 Å². The summed E-state index contributed by atoms with van der Waals surface area (Å²) in [5, 5.41) is 5.58. The minimum Gasteiger partial charge on any atom is -0.495 e. The van der Waals surface area contributed by atoms with Gasteiger partial charge in [-0.15, -0.1) is 0 Å². The van der Waals surface area contributed by atoms with Gasteiger partial charge < -0.3 is 20.3 Å². The Kier molecular flexibility index (Phi) is 7.37. The molecular formula is C21H28N3O3+. The summed E-state index contributed by atoms with van der Waals surface area (Å²) in [6.45, 7) is 4.66. The van der Waals surface area contributed by atoms with E-state index in [1.54, 1.807) is 25.3 Å². The van der Waals surface area contributed by atoms with Gasteiger partial charge in [-0.1, -0.05) is 31.2 Å². The number of hydrogen-bond donors (Lipinski definition) is 3. The summed E-state index contributed by atoms with van der Waals surface area (Å²) in [4.78, 5) is 24.7. The number of benzene rings is 2. The number of quaternary nitrogens is 1. The fraction of sp³-hybridized carbons (Fsp3) is 0.333. The van der Waals surface area contributed by atoms with Crippen LogP contribution in [0.15, 0.2) is 42.5 Å². The average molecular weight is 370 g/mol. The number of carbonyl (C=O) groups is 2. The van der Waals surface area contributed by atoms with Crippen LogP contribution in [-0.2, 0) is 22.6 Å². The molecule has 0 saturated carbocycles. The van der Waals surface area contributed by atoms with E-state index in [-0.39, 0.29) is 11.8 Å². The molecule has 27 heavy (non-hydrogen) atoms. The van der Waals surface area contributed by atoms with Crippen molar-refractivity contribution in [3.05, 3.63) is 53.6 Å². The molecule has 0 saturated heterocycles. The third kappa shape index (κ3) is 6.42. The van der Waals surface area contributed by atoms with Gasteiger partial charge in [0.15, 0.2) is 6.54 Å². The van der Waals surface area contributed by atoms with Gasteiger partial charge in [0.05, 0.1) is 19.8 Å². The maximum Gasteiger partial charge on any atom is 0.279 e. The van der Waals surface area contributed by atoms with Crippen LogP contribution in [0.1, 0.15) is 25.0 Å². The lowest BCUT2D eigenvalue weighted by atomic mass is 10.1. The summed E-state index contributed by atoms with van der Waals surface area (Å²) in [5.74, 6) is 0.261. The molecule has 3 N–H and O–H groups in total. The molecule has 0 aliphatic rings. The highest BCUT2D eigenvalue weighted by atomic mass is 16.5. The van der Waals surface area contributed by atoms with E-state index in [4.69, 9.17) is 4.74 Å². The Morgan fingerprint density at radius 2 is 1.70 bits per heavy atom. The molecule has 0 spiro atoms. The van der Waals surface area contributed by atoms with Crippen LogP contribution in [0.2, 0.25) is 0 Å². The highest BCUT2D eigenvalue weighted by Gasteiger charge is 2.14. The Labute approximate surface area is 160 Å². The first-order chi connectivity index (χ1) is 12.9. The Morgan fingerprint density at radius 1 is 1.04 bits per heavy atom. The number of carbonyl (C=O) groups excluding carboxylic acids is 2. The third-order valence-corrected chi connectivity index (χ3v) is 4.19. The lowest BCUT2D eigenvalue weighted by molar-refractivity contribution is -0.885. The SMILES string of the molecule is CCc1ccc(C[NH+](C)CC(=O)Nc2cc(NC(C)=O)ccc2OC)cc1. The molecule has 0 aromatic heterocycles. The van der Waals surface area contributed by atoms with Crippen LogP contribution in [0.25, 0.3) is 0 Å². The van der Waals surface area contributed by atoms with Gasteiger partial charge in [0.1, 0.15) is 12.3 Å².